The van der Waals surface area contributed by atoms with Crippen molar-refractivity contribution in [3.63, 3.8) is 0 Å². The lowest BCUT2D eigenvalue weighted by Crippen LogP contribution is -1.87. The summed E-state index contributed by atoms with van der Waals surface area (Å²) >= 11 is 1.71. The number of fused-ring (bicyclic) bond motifs is 1. The molecule has 0 unspecified atom stereocenters. The molecule has 0 aliphatic carbocycles. The third kappa shape index (κ3) is 1.74. The predicted octanol–water partition coefficient (Wildman–Crippen LogP) is 3.02. The molecule has 0 aliphatic heterocycles. The van der Waals surface area contributed by atoms with E-state index in [0.717, 1.165) is 12.3 Å². The molecule has 2 nitrogen and oxygen atoms in total. The van der Waals surface area contributed by atoms with Crippen molar-refractivity contribution in [2.45, 2.75) is 13.5 Å². The molecule has 1 heterocycles. The molecule has 1 aromatic carbocycles. The standard InChI is InChI=1S/C11H13NOS/c1-2-13-7-9-6-8-4-3-5-10(12)11(8)14-9/h3-6H,2,7,12H2,1H3. The molecule has 2 aromatic rings. The monoisotopic (exact) mass is 207 g/mol. The van der Waals surface area contributed by atoms with Gasteiger partial charge in [-0.2, -0.15) is 0 Å². The van der Waals surface area contributed by atoms with E-state index in [9.17, 15) is 0 Å². The number of rotatable bonds is 3. The number of nitrogens with two attached hydrogens (primary N) is 1. The fraction of sp³-hybridized carbons (Fsp3) is 0.273. The molecular weight excluding hydrogens is 194 g/mol. The quantitative estimate of drug-likeness (QED) is 0.785. The summed E-state index contributed by atoms with van der Waals surface area (Å²) in [5.74, 6) is 0. The van der Waals surface area contributed by atoms with E-state index < -0.39 is 0 Å². The lowest BCUT2D eigenvalue weighted by molar-refractivity contribution is 0.136. The first kappa shape index (κ1) is 9.49. The molecule has 3 heteroatoms. The van der Waals surface area contributed by atoms with Crippen LogP contribution in [0.3, 0.4) is 0 Å². The summed E-state index contributed by atoms with van der Waals surface area (Å²) in [6, 6.07) is 8.14. The number of thiophene rings is 1. The average molecular weight is 207 g/mol. The van der Waals surface area contributed by atoms with Crippen LogP contribution in [0.1, 0.15) is 11.8 Å². The van der Waals surface area contributed by atoms with Crippen LogP contribution in [0.15, 0.2) is 24.3 Å². The molecule has 2 N–H and O–H groups in total. The molecule has 74 valence electrons. The number of anilines is 1. The number of ether oxygens (including phenoxy) is 1. The van der Waals surface area contributed by atoms with Crippen molar-refractivity contribution in [1.82, 2.24) is 0 Å². The molecule has 0 fully saturated rings. The number of hydrogen-bond acceptors (Lipinski definition) is 3. The highest BCUT2D eigenvalue weighted by Gasteiger charge is 2.03. The Bertz CT molecular complexity index is 436. The summed E-state index contributed by atoms with van der Waals surface area (Å²) in [7, 11) is 0. The molecule has 2 rings (SSSR count). The Kier molecular flexibility index (Phi) is 2.70. The lowest BCUT2D eigenvalue weighted by Gasteiger charge is -1.95. The van der Waals surface area contributed by atoms with Crippen molar-refractivity contribution in [3.8, 4) is 0 Å². The Morgan fingerprint density at radius 3 is 3.00 bits per heavy atom. The van der Waals surface area contributed by atoms with Crippen LogP contribution in [-0.2, 0) is 11.3 Å². The van der Waals surface area contributed by atoms with Crippen LogP contribution >= 0.6 is 11.3 Å². The van der Waals surface area contributed by atoms with E-state index in [1.54, 1.807) is 11.3 Å². The predicted molar refractivity (Wildman–Crippen MR) is 61.6 cm³/mol. The first-order valence-electron chi connectivity index (χ1n) is 4.66. The molecule has 0 amide bonds. The zero-order chi connectivity index (χ0) is 9.97. The third-order valence-corrected chi connectivity index (χ3v) is 3.25. The summed E-state index contributed by atoms with van der Waals surface area (Å²) in [5.41, 5.74) is 6.72. The van der Waals surface area contributed by atoms with Gasteiger partial charge in [0.15, 0.2) is 0 Å². The van der Waals surface area contributed by atoms with Crippen LogP contribution in [0, 0.1) is 0 Å². The molecule has 0 bridgehead atoms. The van der Waals surface area contributed by atoms with Gasteiger partial charge in [-0.3, -0.25) is 0 Å². The van der Waals surface area contributed by atoms with Crippen molar-refractivity contribution in [1.29, 1.82) is 0 Å². The Morgan fingerprint density at radius 2 is 2.29 bits per heavy atom. The second-order valence-corrected chi connectivity index (χ2v) is 4.25. The van der Waals surface area contributed by atoms with E-state index in [2.05, 4.69) is 12.1 Å². The van der Waals surface area contributed by atoms with Gasteiger partial charge < -0.3 is 10.5 Å². The van der Waals surface area contributed by atoms with Gasteiger partial charge in [0.05, 0.1) is 11.3 Å². The molecule has 0 atom stereocenters. The Labute approximate surface area is 87.3 Å². The zero-order valence-corrected chi connectivity index (χ0v) is 8.93. The van der Waals surface area contributed by atoms with Crippen molar-refractivity contribution in [2.75, 3.05) is 12.3 Å². The molecule has 0 saturated carbocycles. The Morgan fingerprint density at radius 1 is 1.43 bits per heavy atom. The first-order valence-corrected chi connectivity index (χ1v) is 5.47. The van der Waals surface area contributed by atoms with Crippen LogP contribution < -0.4 is 5.73 Å². The maximum absolute atomic E-state index is 5.87. The Hall–Kier alpha value is -1.06. The topological polar surface area (TPSA) is 35.2 Å². The summed E-state index contributed by atoms with van der Waals surface area (Å²) < 4.78 is 6.53. The van der Waals surface area contributed by atoms with Crippen molar-refractivity contribution >= 4 is 27.1 Å². The summed E-state index contributed by atoms with van der Waals surface area (Å²) in [4.78, 5) is 1.24. The summed E-state index contributed by atoms with van der Waals surface area (Å²) in [6.45, 7) is 3.45. The fourth-order valence-corrected chi connectivity index (χ4v) is 2.43. The molecule has 0 saturated heterocycles. The zero-order valence-electron chi connectivity index (χ0n) is 8.12. The average Bonchev–Trinajstić information content (AvgIpc) is 2.59. The van der Waals surface area contributed by atoms with Gasteiger partial charge in [0.2, 0.25) is 0 Å². The van der Waals surface area contributed by atoms with Gasteiger partial charge in [-0.15, -0.1) is 11.3 Å². The largest absolute Gasteiger partial charge is 0.398 e. The summed E-state index contributed by atoms with van der Waals surface area (Å²) in [5, 5.41) is 1.21. The number of hydrogen-bond donors (Lipinski definition) is 1. The van der Waals surface area contributed by atoms with E-state index >= 15 is 0 Å². The van der Waals surface area contributed by atoms with Gasteiger partial charge in [0.25, 0.3) is 0 Å². The normalized spacial score (nSPS) is 10.9. The van der Waals surface area contributed by atoms with Crippen LogP contribution in [-0.4, -0.2) is 6.61 Å². The molecule has 0 aliphatic rings. The van der Waals surface area contributed by atoms with Gasteiger partial charge in [-0.1, -0.05) is 12.1 Å². The summed E-state index contributed by atoms with van der Waals surface area (Å²) in [6.07, 6.45) is 0. The van der Waals surface area contributed by atoms with Gasteiger partial charge in [-0.25, -0.2) is 0 Å². The second kappa shape index (κ2) is 3.98. The number of benzene rings is 1. The maximum Gasteiger partial charge on any atom is 0.0809 e. The van der Waals surface area contributed by atoms with Crippen LogP contribution in [0.5, 0.6) is 0 Å². The van der Waals surface area contributed by atoms with E-state index in [4.69, 9.17) is 10.5 Å². The maximum atomic E-state index is 5.87. The van der Waals surface area contributed by atoms with E-state index in [1.165, 1.54) is 15.0 Å². The van der Waals surface area contributed by atoms with Gasteiger partial charge in [0, 0.05) is 17.2 Å². The van der Waals surface area contributed by atoms with Gasteiger partial charge in [-0.05, 0) is 24.4 Å². The van der Waals surface area contributed by atoms with Crippen LogP contribution in [0.25, 0.3) is 10.1 Å². The fourth-order valence-electron chi connectivity index (χ4n) is 1.41. The molecule has 1 aromatic heterocycles. The van der Waals surface area contributed by atoms with Crippen LogP contribution in [0.2, 0.25) is 0 Å². The number of nitrogen functional groups attached to an aromatic ring is 1. The van der Waals surface area contributed by atoms with E-state index in [-0.39, 0.29) is 0 Å². The SMILES string of the molecule is CCOCc1cc2cccc(N)c2s1. The van der Waals surface area contributed by atoms with Crippen LogP contribution in [0.4, 0.5) is 5.69 Å². The van der Waals surface area contributed by atoms with Crippen molar-refractivity contribution in [3.05, 3.63) is 29.1 Å². The highest BCUT2D eigenvalue weighted by molar-refractivity contribution is 7.19. The minimum absolute atomic E-state index is 0.690. The lowest BCUT2D eigenvalue weighted by atomic mass is 10.2. The molecular formula is C11H13NOS. The highest BCUT2D eigenvalue weighted by atomic mass is 32.1. The second-order valence-electron chi connectivity index (χ2n) is 3.12. The molecule has 0 spiro atoms. The van der Waals surface area contributed by atoms with Gasteiger partial charge >= 0.3 is 0 Å². The smallest absolute Gasteiger partial charge is 0.0809 e. The first-order chi connectivity index (χ1) is 6.81. The highest BCUT2D eigenvalue weighted by Crippen LogP contribution is 2.30. The minimum atomic E-state index is 0.690. The third-order valence-electron chi connectivity index (χ3n) is 2.07. The van der Waals surface area contributed by atoms with Crippen molar-refractivity contribution < 1.29 is 4.74 Å². The van der Waals surface area contributed by atoms with Crippen molar-refractivity contribution in [2.24, 2.45) is 0 Å². The van der Waals surface area contributed by atoms with Gasteiger partial charge in [0.1, 0.15) is 0 Å². The minimum Gasteiger partial charge on any atom is -0.398 e. The molecule has 14 heavy (non-hydrogen) atoms. The Balaban J connectivity index is 2.36. The van der Waals surface area contributed by atoms with E-state index in [0.29, 0.717) is 6.61 Å². The molecule has 0 radical (unpaired) electrons. The van der Waals surface area contributed by atoms with E-state index in [1.807, 2.05) is 19.1 Å².